The highest BCUT2D eigenvalue weighted by Crippen LogP contribution is 2.37. The molecule has 5 heteroatoms. The van der Waals surface area contributed by atoms with E-state index in [9.17, 15) is 9.90 Å². The maximum atomic E-state index is 11.1. The highest BCUT2D eigenvalue weighted by Gasteiger charge is 2.45. The molecule has 3 N–H and O–H groups in total. The Bertz CT molecular complexity index is 284. The number of hydrogen-bond acceptors (Lipinski definition) is 4. The second-order valence-corrected chi connectivity index (χ2v) is 5.01. The first-order valence-electron chi connectivity index (χ1n) is 5.91. The van der Waals surface area contributed by atoms with Crippen LogP contribution in [0.25, 0.3) is 0 Å². The standard InChI is InChI=1S/C11H20N2O3/c1-6-9(12-11(16)13(6)2)7-4-3-5-8(7)10(14)15/h6-9,11-12,16H,3-5H2,1-2H3,(H,14,15). The molecule has 16 heavy (non-hydrogen) atoms. The van der Waals surface area contributed by atoms with Gasteiger partial charge in [0.05, 0.1) is 5.92 Å². The molecule has 0 aromatic carbocycles. The summed E-state index contributed by atoms with van der Waals surface area (Å²) in [5.41, 5.74) is 0. The van der Waals surface area contributed by atoms with E-state index in [0.717, 1.165) is 19.3 Å². The molecule has 0 aromatic heterocycles. The van der Waals surface area contributed by atoms with Gasteiger partial charge in [-0.3, -0.25) is 15.0 Å². The molecule has 1 saturated heterocycles. The van der Waals surface area contributed by atoms with Crippen molar-refractivity contribution in [2.75, 3.05) is 7.05 Å². The lowest BCUT2D eigenvalue weighted by molar-refractivity contribution is -0.143. The Morgan fingerprint density at radius 1 is 1.44 bits per heavy atom. The second-order valence-electron chi connectivity index (χ2n) is 5.01. The van der Waals surface area contributed by atoms with Gasteiger partial charge >= 0.3 is 5.97 Å². The first-order valence-corrected chi connectivity index (χ1v) is 5.91. The van der Waals surface area contributed by atoms with E-state index in [0.29, 0.717) is 0 Å². The minimum absolute atomic E-state index is 0.0867. The maximum Gasteiger partial charge on any atom is 0.306 e. The summed E-state index contributed by atoms with van der Waals surface area (Å²) in [6.07, 6.45) is 2.05. The molecule has 0 aromatic rings. The van der Waals surface area contributed by atoms with Gasteiger partial charge in [-0.05, 0) is 32.7 Å². The lowest BCUT2D eigenvalue weighted by Crippen LogP contribution is -2.42. The van der Waals surface area contributed by atoms with Crippen LogP contribution in [-0.4, -0.2) is 46.6 Å². The van der Waals surface area contributed by atoms with Crippen LogP contribution in [0.5, 0.6) is 0 Å². The van der Waals surface area contributed by atoms with Crippen molar-refractivity contribution in [2.45, 2.75) is 44.6 Å². The summed E-state index contributed by atoms with van der Waals surface area (Å²) in [5.74, 6) is -0.800. The Labute approximate surface area is 95.4 Å². The van der Waals surface area contributed by atoms with E-state index < -0.39 is 12.3 Å². The minimum atomic E-state index is -0.694. The average molecular weight is 228 g/mol. The number of hydrogen-bond donors (Lipinski definition) is 3. The zero-order valence-corrected chi connectivity index (χ0v) is 9.76. The number of rotatable bonds is 2. The van der Waals surface area contributed by atoms with Crippen molar-refractivity contribution >= 4 is 5.97 Å². The van der Waals surface area contributed by atoms with Crippen LogP contribution in [0, 0.1) is 11.8 Å². The summed E-state index contributed by atoms with van der Waals surface area (Å²) in [6.45, 7) is 2.03. The third kappa shape index (κ3) is 1.83. The molecule has 0 spiro atoms. The summed E-state index contributed by atoms with van der Waals surface area (Å²) in [4.78, 5) is 13.0. The highest BCUT2D eigenvalue weighted by atomic mass is 16.4. The van der Waals surface area contributed by atoms with Crippen molar-refractivity contribution in [1.29, 1.82) is 0 Å². The summed E-state index contributed by atoms with van der Waals surface area (Å²) >= 11 is 0. The smallest absolute Gasteiger partial charge is 0.306 e. The van der Waals surface area contributed by atoms with Gasteiger partial charge in [-0.25, -0.2) is 0 Å². The number of carboxylic acids is 1. The average Bonchev–Trinajstić information content (AvgIpc) is 2.79. The molecule has 5 atom stereocenters. The number of likely N-dealkylation sites (N-methyl/N-ethyl adjacent to an activating group) is 1. The van der Waals surface area contributed by atoms with Crippen molar-refractivity contribution < 1.29 is 15.0 Å². The van der Waals surface area contributed by atoms with Crippen LogP contribution in [-0.2, 0) is 4.79 Å². The van der Waals surface area contributed by atoms with Gasteiger partial charge in [-0.2, -0.15) is 0 Å². The number of aliphatic carboxylic acids is 1. The molecule has 2 aliphatic rings. The molecule has 5 unspecified atom stereocenters. The fourth-order valence-electron chi connectivity index (χ4n) is 3.11. The Balaban J connectivity index is 2.10. The molecule has 1 aliphatic heterocycles. The number of nitrogens with one attached hydrogen (secondary N) is 1. The molecule has 0 bridgehead atoms. The van der Waals surface area contributed by atoms with E-state index >= 15 is 0 Å². The van der Waals surface area contributed by atoms with E-state index in [1.165, 1.54) is 0 Å². The zero-order chi connectivity index (χ0) is 11.9. The molecule has 2 fully saturated rings. The Kier molecular flexibility index (Phi) is 3.19. The van der Waals surface area contributed by atoms with E-state index in [-0.39, 0.29) is 23.9 Å². The zero-order valence-electron chi connectivity index (χ0n) is 9.76. The number of aliphatic hydroxyl groups excluding tert-OH is 1. The van der Waals surface area contributed by atoms with Gasteiger partial charge in [-0.15, -0.1) is 0 Å². The van der Waals surface area contributed by atoms with Crippen molar-refractivity contribution in [3.8, 4) is 0 Å². The minimum Gasteiger partial charge on any atom is -0.481 e. The van der Waals surface area contributed by atoms with Crippen LogP contribution in [0.2, 0.25) is 0 Å². The van der Waals surface area contributed by atoms with Crippen molar-refractivity contribution in [1.82, 2.24) is 10.2 Å². The Morgan fingerprint density at radius 3 is 2.62 bits per heavy atom. The number of carboxylic acid groups (broad SMARTS) is 1. The summed E-state index contributed by atoms with van der Waals surface area (Å²) in [7, 11) is 1.85. The molecule has 1 aliphatic carbocycles. The van der Waals surface area contributed by atoms with Crippen LogP contribution < -0.4 is 5.32 Å². The van der Waals surface area contributed by atoms with Crippen LogP contribution in [0.1, 0.15) is 26.2 Å². The molecule has 1 heterocycles. The predicted octanol–water partition coefficient (Wildman–Crippen LogP) is 0.0553. The first-order chi connectivity index (χ1) is 7.52. The lowest BCUT2D eigenvalue weighted by Gasteiger charge is -2.27. The third-order valence-corrected chi connectivity index (χ3v) is 4.24. The number of carbonyl (C=O) groups is 1. The molecule has 5 nitrogen and oxygen atoms in total. The van der Waals surface area contributed by atoms with Gasteiger partial charge in [0.2, 0.25) is 0 Å². The normalized spacial score (nSPS) is 45.1. The largest absolute Gasteiger partial charge is 0.481 e. The molecule has 1 saturated carbocycles. The van der Waals surface area contributed by atoms with E-state index in [2.05, 4.69) is 5.32 Å². The predicted molar refractivity (Wildman–Crippen MR) is 58.6 cm³/mol. The summed E-state index contributed by atoms with van der Waals surface area (Å²) in [6, 6.07) is 0.267. The Hall–Kier alpha value is -0.650. The second kappa shape index (κ2) is 4.31. The van der Waals surface area contributed by atoms with E-state index in [4.69, 9.17) is 5.11 Å². The molecule has 0 amide bonds. The molecule has 92 valence electrons. The fourth-order valence-corrected chi connectivity index (χ4v) is 3.11. The lowest BCUT2D eigenvalue weighted by atomic mass is 9.86. The monoisotopic (exact) mass is 228 g/mol. The summed E-state index contributed by atoms with van der Waals surface area (Å²) in [5, 5.41) is 21.9. The van der Waals surface area contributed by atoms with Gasteiger partial charge < -0.3 is 10.2 Å². The van der Waals surface area contributed by atoms with Crippen LogP contribution in [0.4, 0.5) is 0 Å². The fraction of sp³-hybridized carbons (Fsp3) is 0.909. The summed E-state index contributed by atoms with van der Waals surface area (Å²) < 4.78 is 0. The van der Waals surface area contributed by atoms with Crippen LogP contribution in [0.3, 0.4) is 0 Å². The van der Waals surface area contributed by atoms with E-state index in [1.54, 1.807) is 0 Å². The molecular weight excluding hydrogens is 208 g/mol. The SMILES string of the molecule is CC1C(C2CCCC2C(=O)O)NC(O)N1C. The van der Waals surface area contributed by atoms with E-state index in [1.807, 2.05) is 18.9 Å². The van der Waals surface area contributed by atoms with Gasteiger partial charge in [0.25, 0.3) is 0 Å². The molecule has 2 rings (SSSR count). The van der Waals surface area contributed by atoms with Crippen molar-refractivity contribution in [3.05, 3.63) is 0 Å². The van der Waals surface area contributed by atoms with Crippen molar-refractivity contribution in [2.24, 2.45) is 11.8 Å². The topological polar surface area (TPSA) is 72.8 Å². The maximum absolute atomic E-state index is 11.1. The van der Waals surface area contributed by atoms with Crippen LogP contribution >= 0.6 is 0 Å². The Morgan fingerprint density at radius 2 is 2.12 bits per heavy atom. The van der Waals surface area contributed by atoms with Crippen LogP contribution in [0.15, 0.2) is 0 Å². The van der Waals surface area contributed by atoms with Crippen molar-refractivity contribution in [3.63, 3.8) is 0 Å². The third-order valence-electron chi connectivity index (χ3n) is 4.24. The van der Waals surface area contributed by atoms with Gasteiger partial charge in [-0.1, -0.05) is 6.42 Å². The first kappa shape index (κ1) is 11.8. The number of aliphatic hydroxyl groups is 1. The van der Waals surface area contributed by atoms with Gasteiger partial charge in [0.15, 0.2) is 6.35 Å². The highest BCUT2D eigenvalue weighted by molar-refractivity contribution is 5.70. The molecule has 0 radical (unpaired) electrons. The van der Waals surface area contributed by atoms with Gasteiger partial charge in [0, 0.05) is 12.1 Å². The number of nitrogens with zero attached hydrogens (tertiary/aromatic N) is 1. The molecular formula is C11H20N2O3. The van der Waals surface area contributed by atoms with Gasteiger partial charge in [0.1, 0.15) is 0 Å². The quantitative estimate of drug-likeness (QED) is 0.623.